The van der Waals surface area contributed by atoms with Crippen LogP contribution < -0.4 is 21.5 Å². The van der Waals surface area contributed by atoms with Crippen LogP contribution in [0.5, 0.6) is 0 Å². The monoisotopic (exact) mass is 579 g/mol. The quantitative estimate of drug-likeness (QED) is 0.0914. The van der Waals surface area contributed by atoms with Gasteiger partial charge in [0.25, 0.3) is 0 Å². The van der Waals surface area contributed by atoms with E-state index in [4.69, 9.17) is 24.4 Å². The maximum atomic E-state index is 5.16. The lowest BCUT2D eigenvalue weighted by Gasteiger charge is -2.09. The Morgan fingerprint density at radius 1 is 0.683 bits per heavy atom. The zero-order valence-corrected chi connectivity index (χ0v) is 24.5. The number of rotatable bonds is 9. The Labute approximate surface area is 252 Å². The van der Waals surface area contributed by atoms with Crippen molar-refractivity contribution in [3.05, 3.63) is 150 Å². The van der Waals surface area contributed by atoms with E-state index in [2.05, 4.69) is 43.3 Å². The Morgan fingerprint density at radius 2 is 1.15 bits per heavy atom. The number of nitrogens with zero attached hydrogens (tertiary/aromatic N) is 3. The molecular formula is C32H33N7S2. The highest BCUT2D eigenvalue weighted by molar-refractivity contribution is 7.80. The van der Waals surface area contributed by atoms with Gasteiger partial charge in [-0.1, -0.05) is 103 Å². The number of nitrogens with one attached hydrogen (secondary N) is 4. The average molecular weight is 580 g/mol. The predicted octanol–water partition coefficient (Wildman–Crippen LogP) is 5.41. The van der Waals surface area contributed by atoms with Crippen LogP contribution in [0.1, 0.15) is 29.3 Å². The van der Waals surface area contributed by atoms with Crippen LogP contribution in [0.15, 0.2) is 138 Å². The molecule has 0 bridgehead atoms. The summed E-state index contributed by atoms with van der Waals surface area (Å²) in [6, 6.07) is 35.6. The van der Waals surface area contributed by atoms with Crippen LogP contribution in [0.4, 0.5) is 0 Å². The lowest BCUT2D eigenvalue weighted by Crippen LogP contribution is -2.32. The van der Waals surface area contributed by atoms with Crippen LogP contribution in [0, 0.1) is 0 Å². The van der Waals surface area contributed by atoms with Gasteiger partial charge in [0.05, 0.1) is 11.4 Å². The second-order valence-electron chi connectivity index (χ2n) is 8.32. The summed E-state index contributed by atoms with van der Waals surface area (Å²) in [7, 11) is 0. The Morgan fingerprint density at radius 3 is 1.61 bits per heavy atom. The molecule has 208 valence electrons. The van der Waals surface area contributed by atoms with Gasteiger partial charge in [-0.05, 0) is 43.5 Å². The summed E-state index contributed by atoms with van der Waals surface area (Å²) in [6.45, 7) is 6.98. The molecule has 0 aliphatic carbocycles. The van der Waals surface area contributed by atoms with Gasteiger partial charge in [0.15, 0.2) is 10.2 Å². The highest BCUT2D eigenvalue weighted by atomic mass is 32.1. The van der Waals surface area contributed by atoms with Crippen molar-refractivity contribution in [2.75, 3.05) is 13.1 Å². The molecule has 7 nitrogen and oxygen atoms in total. The van der Waals surface area contributed by atoms with E-state index in [1.165, 1.54) is 0 Å². The molecule has 0 atom stereocenters. The zero-order valence-electron chi connectivity index (χ0n) is 22.8. The third kappa shape index (κ3) is 10.7. The molecule has 41 heavy (non-hydrogen) atoms. The fourth-order valence-corrected chi connectivity index (χ4v) is 3.79. The zero-order chi connectivity index (χ0) is 29.1. The van der Waals surface area contributed by atoms with Gasteiger partial charge in [-0.25, -0.2) is 0 Å². The van der Waals surface area contributed by atoms with E-state index >= 15 is 0 Å². The molecule has 0 aliphatic heterocycles. The molecule has 0 spiro atoms. The minimum Gasteiger partial charge on any atom is -0.362 e. The molecule has 1 aromatic heterocycles. The van der Waals surface area contributed by atoms with E-state index in [0.29, 0.717) is 16.8 Å². The molecule has 0 aliphatic rings. The van der Waals surface area contributed by atoms with Crippen molar-refractivity contribution in [1.82, 2.24) is 26.5 Å². The van der Waals surface area contributed by atoms with Crippen LogP contribution in [0.3, 0.4) is 0 Å². The number of benzene rings is 3. The van der Waals surface area contributed by atoms with E-state index in [1.54, 1.807) is 12.3 Å². The number of pyridine rings is 1. The predicted molar refractivity (Wildman–Crippen MR) is 178 cm³/mol. The standard InChI is InChI=1S/C17H17N3S.C15H16N4S/c1-2-13-18-17(21)20-19-16(14-9-5-3-6-10-14)15-11-7-4-8-12-15;1-2-16-15(20)19-18-14(12-8-4-3-5-9-12)13-10-6-7-11-17-13/h2-12H,1,13H2,(H2,18,20,21);3-11H,2H2,1H3,(H2,16,19,20)/b;18-14+. The van der Waals surface area contributed by atoms with Gasteiger partial charge in [-0.2, -0.15) is 10.2 Å². The minimum absolute atomic E-state index is 0.472. The molecule has 4 aromatic rings. The normalized spacial score (nSPS) is 10.2. The second-order valence-corrected chi connectivity index (χ2v) is 9.13. The smallest absolute Gasteiger partial charge is 0.187 e. The summed E-state index contributed by atoms with van der Waals surface area (Å²) in [4.78, 5) is 4.34. The van der Waals surface area contributed by atoms with Gasteiger partial charge in [0, 0.05) is 36.0 Å². The summed E-state index contributed by atoms with van der Waals surface area (Å²) in [6.07, 6.45) is 3.49. The molecule has 0 fully saturated rings. The van der Waals surface area contributed by atoms with Gasteiger partial charge in [0.2, 0.25) is 0 Å². The maximum Gasteiger partial charge on any atom is 0.187 e. The van der Waals surface area contributed by atoms with Crippen LogP contribution in [0.2, 0.25) is 0 Å². The van der Waals surface area contributed by atoms with Crippen molar-refractivity contribution < 1.29 is 0 Å². The summed E-state index contributed by atoms with van der Waals surface area (Å²) in [5.41, 5.74) is 11.2. The van der Waals surface area contributed by atoms with E-state index in [1.807, 2.05) is 116 Å². The molecule has 4 rings (SSSR count). The largest absolute Gasteiger partial charge is 0.362 e. The van der Waals surface area contributed by atoms with E-state index in [0.717, 1.165) is 40.4 Å². The van der Waals surface area contributed by atoms with Crippen LogP contribution in [-0.4, -0.2) is 39.7 Å². The number of aromatic nitrogens is 1. The molecule has 0 amide bonds. The lowest BCUT2D eigenvalue weighted by atomic mass is 10.0. The van der Waals surface area contributed by atoms with Gasteiger partial charge in [-0.3, -0.25) is 15.8 Å². The van der Waals surface area contributed by atoms with E-state index < -0.39 is 0 Å². The van der Waals surface area contributed by atoms with Crippen molar-refractivity contribution in [2.45, 2.75) is 6.92 Å². The molecule has 1 heterocycles. The first-order valence-electron chi connectivity index (χ1n) is 13.0. The molecule has 0 saturated heterocycles. The average Bonchev–Trinajstić information content (AvgIpc) is 3.03. The Kier molecular flexibility index (Phi) is 13.4. The van der Waals surface area contributed by atoms with Crippen molar-refractivity contribution in [2.24, 2.45) is 10.2 Å². The molecule has 0 unspecified atom stereocenters. The first-order valence-corrected chi connectivity index (χ1v) is 13.9. The summed E-state index contributed by atoms with van der Waals surface area (Å²) in [5.74, 6) is 0. The molecule has 3 aromatic carbocycles. The highest BCUT2D eigenvalue weighted by Crippen LogP contribution is 2.10. The first-order chi connectivity index (χ1) is 20.1. The molecule has 0 radical (unpaired) electrons. The van der Waals surface area contributed by atoms with Crippen molar-refractivity contribution in [1.29, 1.82) is 0 Å². The Balaban J connectivity index is 0.000000226. The van der Waals surface area contributed by atoms with Crippen molar-refractivity contribution in [3.8, 4) is 0 Å². The number of hydrogen-bond acceptors (Lipinski definition) is 5. The lowest BCUT2D eigenvalue weighted by molar-refractivity contribution is 0.901. The van der Waals surface area contributed by atoms with Crippen LogP contribution in [-0.2, 0) is 0 Å². The minimum atomic E-state index is 0.472. The fourth-order valence-electron chi connectivity index (χ4n) is 3.47. The fraction of sp³-hybridized carbons (Fsp3) is 0.0938. The second kappa shape index (κ2) is 17.8. The summed E-state index contributed by atoms with van der Waals surface area (Å²) >= 11 is 10.3. The summed E-state index contributed by atoms with van der Waals surface area (Å²) in [5, 5.41) is 15.8. The maximum absolute atomic E-state index is 5.16. The highest BCUT2D eigenvalue weighted by Gasteiger charge is 2.08. The number of hydrogen-bond donors (Lipinski definition) is 4. The van der Waals surface area contributed by atoms with E-state index in [9.17, 15) is 0 Å². The molecular weight excluding hydrogens is 547 g/mol. The van der Waals surface area contributed by atoms with E-state index in [-0.39, 0.29) is 0 Å². The first kappa shape index (κ1) is 30.8. The van der Waals surface area contributed by atoms with Gasteiger partial charge < -0.3 is 10.6 Å². The van der Waals surface area contributed by atoms with Gasteiger partial charge >= 0.3 is 0 Å². The van der Waals surface area contributed by atoms with Crippen molar-refractivity contribution >= 4 is 46.1 Å². The third-order valence-electron chi connectivity index (χ3n) is 5.33. The SMILES string of the molecule is C=CCNC(=S)NN=C(c1ccccc1)c1ccccc1.CCNC(=S)N/N=C(\c1ccccc1)c1ccccn1. The van der Waals surface area contributed by atoms with Crippen LogP contribution >= 0.6 is 24.4 Å². The summed E-state index contributed by atoms with van der Waals surface area (Å²) < 4.78 is 0. The molecule has 4 N–H and O–H groups in total. The molecule has 0 saturated carbocycles. The Bertz CT molecular complexity index is 1340. The van der Waals surface area contributed by atoms with Crippen molar-refractivity contribution in [3.63, 3.8) is 0 Å². The topological polar surface area (TPSA) is 85.7 Å². The van der Waals surface area contributed by atoms with Crippen LogP contribution in [0.25, 0.3) is 0 Å². The third-order valence-corrected chi connectivity index (χ3v) is 5.80. The van der Waals surface area contributed by atoms with Gasteiger partial charge in [-0.15, -0.1) is 6.58 Å². The Hall–Kier alpha value is -4.73. The number of hydrazone groups is 2. The number of thiocarbonyl (C=S) groups is 2. The van der Waals surface area contributed by atoms with Gasteiger partial charge in [0.1, 0.15) is 5.71 Å². The molecule has 9 heteroatoms.